The summed E-state index contributed by atoms with van der Waals surface area (Å²) in [7, 11) is 1.64. The van der Waals surface area contributed by atoms with Gasteiger partial charge in [-0.25, -0.2) is 0 Å². The van der Waals surface area contributed by atoms with Crippen molar-refractivity contribution in [2.45, 2.75) is 12.8 Å². The maximum atomic E-state index is 12.5. The van der Waals surface area contributed by atoms with Crippen molar-refractivity contribution in [1.82, 2.24) is 10.2 Å². The van der Waals surface area contributed by atoms with Crippen LogP contribution < -0.4 is 15.0 Å². The lowest BCUT2D eigenvalue weighted by molar-refractivity contribution is -0.121. The van der Waals surface area contributed by atoms with E-state index in [9.17, 15) is 14.4 Å². The molecule has 3 aromatic rings. The van der Waals surface area contributed by atoms with Gasteiger partial charge in [-0.3, -0.25) is 19.5 Å². The first-order chi connectivity index (χ1) is 13.5. The molecule has 0 bridgehead atoms. The summed E-state index contributed by atoms with van der Waals surface area (Å²) in [5.74, 6) is -0.0366. The summed E-state index contributed by atoms with van der Waals surface area (Å²) in [6.07, 6.45) is 1.83. The third-order valence-electron chi connectivity index (χ3n) is 4.67. The minimum atomic E-state index is -0.249. The molecule has 0 saturated heterocycles. The second kappa shape index (κ2) is 7.15. The topological polar surface area (TPSA) is 104 Å². The highest BCUT2D eigenvalue weighted by Crippen LogP contribution is 2.32. The zero-order valence-corrected chi connectivity index (χ0v) is 15.2. The van der Waals surface area contributed by atoms with Gasteiger partial charge in [0.15, 0.2) is 12.4 Å². The third-order valence-corrected chi connectivity index (χ3v) is 4.67. The number of hydrogen-bond donors (Lipinski definition) is 2. The summed E-state index contributed by atoms with van der Waals surface area (Å²) >= 11 is 0. The number of carbonyl (C=O) groups is 3. The first kappa shape index (κ1) is 17.7. The van der Waals surface area contributed by atoms with Gasteiger partial charge in [0.05, 0.1) is 17.4 Å². The number of fused-ring (bicyclic) bond motifs is 2. The van der Waals surface area contributed by atoms with Crippen LogP contribution in [0.5, 0.6) is 5.75 Å². The van der Waals surface area contributed by atoms with E-state index in [4.69, 9.17) is 4.74 Å². The Morgan fingerprint density at radius 2 is 2.07 bits per heavy atom. The SMILES string of the molecule is CN1C(=O)COc2ccc(C(=O)CCC(=O)Nc3ccc4cn[nH]c4c3)cc21. The molecular weight excluding hydrogens is 360 g/mol. The van der Waals surface area contributed by atoms with Crippen LogP contribution in [-0.4, -0.2) is 41.4 Å². The minimum absolute atomic E-state index is 0.0126. The number of aromatic nitrogens is 2. The second-order valence-corrected chi connectivity index (χ2v) is 6.57. The van der Waals surface area contributed by atoms with Crippen molar-refractivity contribution in [3.63, 3.8) is 0 Å². The number of rotatable bonds is 5. The van der Waals surface area contributed by atoms with Crippen LogP contribution >= 0.6 is 0 Å². The fourth-order valence-electron chi connectivity index (χ4n) is 3.06. The van der Waals surface area contributed by atoms with Gasteiger partial charge in [-0.2, -0.15) is 5.10 Å². The van der Waals surface area contributed by atoms with Gasteiger partial charge in [-0.15, -0.1) is 0 Å². The number of anilines is 2. The van der Waals surface area contributed by atoms with Crippen molar-refractivity contribution in [1.29, 1.82) is 0 Å². The molecule has 0 aliphatic carbocycles. The Hall–Kier alpha value is -3.68. The van der Waals surface area contributed by atoms with Gasteiger partial charge in [0.25, 0.3) is 5.91 Å². The standard InChI is InChI=1S/C20H18N4O4/c1-24-16-8-12(3-6-18(16)28-11-20(24)27)17(25)5-7-19(26)22-14-4-2-13-10-21-23-15(13)9-14/h2-4,6,8-10H,5,7,11H2,1H3,(H,21,23)(H,22,26). The zero-order valence-electron chi connectivity index (χ0n) is 15.2. The van der Waals surface area contributed by atoms with Crippen LogP contribution in [-0.2, 0) is 9.59 Å². The van der Waals surface area contributed by atoms with E-state index in [1.807, 2.05) is 6.07 Å². The van der Waals surface area contributed by atoms with E-state index < -0.39 is 0 Å². The number of amides is 2. The largest absolute Gasteiger partial charge is 0.482 e. The van der Waals surface area contributed by atoms with Crippen molar-refractivity contribution < 1.29 is 19.1 Å². The monoisotopic (exact) mass is 378 g/mol. The molecule has 1 aliphatic rings. The molecule has 1 aromatic heterocycles. The van der Waals surface area contributed by atoms with Gasteiger partial charge in [-0.05, 0) is 36.4 Å². The summed E-state index contributed by atoms with van der Waals surface area (Å²) in [6.45, 7) is -0.0126. The first-order valence-corrected chi connectivity index (χ1v) is 8.81. The number of Topliss-reactive ketones (excluding diaryl/α,β-unsaturated/α-hetero) is 1. The molecule has 8 nitrogen and oxygen atoms in total. The first-order valence-electron chi connectivity index (χ1n) is 8.81. The molecule has 28 heavy (non-hydrogen) atoms. The molecule has 8 heteroatoms. The molecule has 142 valence electrons. The molecule has 0 fully saturated rings. The average Bonchev–Trinajstić information content (AvgIpc) is 3.16. The molecule has 0 saturated carbocycles. The Kier molecular flexibility index (Phi) is 4.52. The molecule has 2 N–H and O–H groups in total. The Morgan fingerprint density at radius 1 is 1.21 bits per heavy atom. The van der Waals surface area contributed by atoms with Crippen LogP contribution in [0.25, 0.3) is 10.9 Å². The number of ketones is 1. The average molecular weight is 378 g/mol. The van der Waals surface area contributed by atoms with E-state index >= 15 is 0 Å². The molecule has 0 atom stereocenters. The predicted octanol–water partition coefficient (Wildman–Crippen LogP) is 2.52. The van der Waals surface area contributed by atoms with Crippen LogP contribution in [0.15, 0.2) is 42.6 Å². The van der Waals surface area contributed by atoms with Crippen LogP contribution in [0.4, 0.5) is 11.4 Å². The number of likely N-dealkylation sites (N-methyl/N-ethyl adjacent to an activating group) is 1. The highest BCUT2D eigenvalue weighted by Gasteiger charge is 2.23. The Balaban J connectivity index is 1.38. The fraction of sp³-hybridized carbons (Fsp3) is 0.200. The normalized spacial score (nSPS) is 13.2. The van der Waals surface area contributed by atoms with Gasteiger partial charge < -0.3 is 15.0 Å². The number of benzene rings is 2. The van der Waals surface area contributed by atoms with Crippen LogP contribution in [0, 0.1) is 0 Å². The zero-order chi connectivity index (χ0) is 19.7. The van der Waals surface area contributed by atoms with Crippen molar-refractivity contribution in [2.75, 3.05) is 23.9 Å². The Labute approximate surface area is 160 Å². The van der Waals surface area contributed by atoms with Gasteiger partial charge >= 0.3 is 0 Å². The Morgan fingerprint density at radius 3 is 2.93 bits per heavy atom. The van der Waals surface area contributed by atoms with Crippen molar-refractivity contribution in [2.24, 2.45) is 0 Å². The maximum Gasteiger partial charge on any atom is 0.264 e. The number of aromatic amines is 1. The summed E-state index contributed by atoms with van der Waals surface area (Å²) in [5.41, 5.74) is 2.46. The molecule has 2 heterocycles. The van der Waals surface area contributed by atoms with E-state index in [0.29, 0.717) is 22.7 Å². The predicted molar refractivity (Wildman–Crippen MR) is 104 cm³/mol. The van der Waals surface area contributed by atoms with Crippen LogP contribution in [0.1, 0.15) is 23.2 Å². The molecule has 2 amide bonds. The van der Waals surface area contributed by atoms with E-state index in [1.165, 1.54) is 4.90 Å². The number of hydrogen-bond acceptors (Lipinski definition) is 5. The minimum Gasteiger partial charge on any atom is -0.482 e. The van der Waals surface area contributed by atoms with Crippen LogP contribution in [0.2, 0.25) is 0 Å². The molecular formula is C20H18N4O4. The molecule has 0 spiro atoms. The highest BCUT2D eigenvalue weighted by atomic mass is 16.5. The Bertz CT molecular complexity index is 1090. The number of nitrogens with one attached hydrogen (secondary N) is 2. The van der Waals surface area contributed by atoms with Gasteiger partial charge in [0.2, 0.25) is 5.91 Å². The molecule has 4 rings (SSSR count). The highest BCUT2D eigenvalue weighted by molar-refractivity contribution is 6.03. The van der Waals surface area contributed by atoms with Crippen molar-refractivity contribution in [3.05, 3.63) is 48.2 Å². The molecule has 1 aliphatic heterocycles. The van der Waals surface area contributed by atoms with Gasteiger partial charge in [-0.1, -0.05) is 0 Å². The molecule has 2 aromatic carbocycles. The number of ether oxygens (including phenoxy) is 1. The number of carbonyl (C=O) groups excluding carboxylic acids is 3. The lowest BCUT2D eigenvalue weighted by atomic mass is 10.0. The smallest absolute Gasteiger partial charge is 0.264 e. The summed E-state index contributed by atoms with van der Waals surface area (Å²) in [5, 5.41) is 10.5. The van der Waals surface area contributed by atoms with Gasteiger partial charge in [0, 0.05) is 36.5 Å². The van der Waals surface area contributed by atoms with E-state index in [-0.39, 0.29) is 37.0 Å². The summed E-state index contributed by atoms with van der Waals surface area (Å²) in [6, 6.07) is 10.4. The number of nitrogens with zero attached hydrogens (tertiary/aromatic N) is 2. The van der Waals surface area contributed by atoms with Crippen molar-refractivity contribution in [3.8, 4) is 5.75 Å². The maximum absolute atomic E-state index is 12.5. The third kappa shape index (κ3) is 3.44. The lowest BCUT2D eigenvalue weighted by Crippen LogP contribution is -2.35. The van der Waals surface area contributed by atoms with E-state index in [0.717, 1.165) is 10.9 Å². The van der Waals surface area contributed by atoms with E-state index in [1.54, 1.807) is 43.6 Å². The quantitative estimate of drug-likeness (QED) is 0.664. The van der Waals surface area contributed by atoms with E-state index in [2.05, 4.69) is 15.5 Å². The fourth-order valence-corrected chi connectivity index (χ4v) is 3.06. The molecule has 0 radical (unpaired) electrons. The van der Waals surface area contributed by atoms with Crippen molar-refractivity contribution >= 4 is 39.9 Å². The summed E-state index contributed by atoms with van der Waals surface area (Å²) < 4.78 is 5.36. The molecule has 0 unspecified atom stereocenters. The summed E-state index contributed by atoms with van der Waals surface area (Å²) in [4.78, 5) is 37.9. The van der Waals surface area contributed by atoms with Gasteiger partial charge in [0.1, 0.15) is 5.75 Å². The number of H-pyrrole nitrogens is 1. The van der Waals surface area contributed by atoms with Crippen LogP contribution in [0.3, 0.4) is 0 Å². The second-order valence-electron chi connectivity index (χ2n) is 6.57. The lowest BCUT2D eigenvalue weighted by Gasteiger charge is -2.26.